The number of furan rings is 1. The maximum atomic E-state index is 13.1. The summed E-state index contributed by atoms with van der Waals surface area (Å²) in [6.45, 7) is 5.11. The highest BCUT2D eigenvalue weighted by molar-refractivity contribution is 6.46. The molecule has 5 rings (SSSR count). The maximum Gasteiger partial charge on any atom is 0.295 e. The first kappa shape index (κ1) is 21.5. The highest BCUT2D eigenvalue weighted by Crippen LogP contribution is 2.41. The number of likely N-dealkylation sites (tertiary alicyclic amines) is 1. The van der Waals surface area contributed by atoms with Gasteiger partial charge in [-0.05, 0) is 36.8 Å². The van der Waals surface area contributed by atoms with Crippen LogP contribution in [-0.2, 0) is 14.3 Å². The Bertz CT molecular complexity index is 1060. The van der Waals surface area contributed by atoms with Gasteiger partial charge >= 0.3 is 0 Å². The van der Waals surface area contributed by atoms with Crippen LogP contribution in [0, 0.1) is 0 Å². The van der Waals surface area contributed by atoms with Crippen LogP contribution in [0.15, 0.2) is 46.6 Å². The smallest absolute Gasteiger partial charge is 0.295 e. The molecule has 0 saturated carbocycles. The molecule has 3 aliphatic rings. The molecule has 174 valence electrons. The van der Waals surface area contributed by atoms with Gasteiger partial charge in [-0.1, -0.05) is 0 Å². The van der Waals surface area contributed by atoms with Crippen molar-refractivity contribution in [2.24, 2.45) is 0 Å². The van der Waals surface area contributed by atoms with Crippen LogP contribution in [0.2, 0.25) is 0 Å². The minimum absolute atomic E-state index is 0.0120. The van der Waals surface area contributed by atoms with Crippen LogP contribution in [-0.4, -0.2) is 79.2 Å². The van der Waals surface area contributed by atoms with Gasteiger partial charge < -0.3 is 28.6 Å². The highest BCUT2D eigenvalue weighted by Gasteiger charge is 2.47. The summed E-state index contributed by atoms with van der Waals surface area (Å²) in [7, 11) is 0. The van der Waals surface area contributed by atoms with Gasteiger partial charge in [0.1, 0.15) is 30.8 Å². The highest BCUT2D eigenvalue weighted by atomic mass is 16.6. The van der Waals surface area contributed by atoms with Crippen molar-refractivity contribution in [2.45, 2.75) is 12.5 Å². The number of amides is 1. The monoisotopic (exact) mass is 454 g/mol. The molecule has 0 spiro atoms. The topological polar surface area (TPSA) is 102 Å². The second kappa shape index (κ2) is 9.29. The van der Waals surface area contributed by atoms with E-state index in [1.807, 2.05) is 0 Å². The van der Waals surface area contributed by atoms with E-state index in [4.69, 9.17) is 18.6 Å². The van der Waals surface area contributed by atoms with Gasteiger partial charge in [-0.15, -0.1) is 0 Å². The average molecular weight is 454 g/mol. The molecule has 0 aliphatic carbocycles. The first-order chi connectivity index (χ1) is 16.1. The number of morpholine rings is 1. The van der Waals surface area contributed by atoms with Gasteiger partial charge in [0.25, 0.3) is 11.7 Å². The lowest BCUT2D eigenvalue weighted by molar-refractivity contribution is -0.140. The lowest BCUT2D eigenvalue weighted by Gasteiger charge is -2.28. The van der Waals surface area contributed by atoms with E-state index >= 15 is 0 Å². The Hall–Kier alpha value is -3.30. The molecule has 1 N–H and O–H groups in total. The van der Waals surface area contributed by atoms with Gasteiger partial charge in [0.15, 0.2) is 11.5 Å². The standard InChI is InChI=1S/C24H26N2O7/c27-22(16-4-5-17-19(15-16)33-14-13-32-17)20-21(18-3-1-10-31-18)26(24(29)23(20)28)7-2-6-25-8-11-30-12-9-25/h1,3-5,10,15,21,27H,2,6-9,11-14H2. The van der Waals surface area contributed by atoms with E-state index in [1.165, 1.54) is 11.2 Å². The van der Waals surface area contributed by atoms with E-state index in [9.17, 15) is 14.7 Å². The quantitative estimate of drug-likeness (QED) is 0.403. The summed E-state index contributed by atoms with van der Waals surface area (Å²) in [6, 6.07) is 7.57. The molecule has 0 bridgehead atoms. The van der Waals surface area contributed by atoms with Gasteiger partial charge in [0.05, 0.1) is 25.1 Å². The Kier molecular flexibility index (Phi) is 6.06. The molecule has 0 radical (unpaired) electrons. The second-order valence-corrected chi connectivity index (χ2v) is 8.17. The molecule has 1 unspecified atom stereocenters. The summed E-state index contributed by atoms with van der Waals surface area (Å²) in [4.78, 5) is 29.8. The fourth-order valence-corrected chi connectivity index (χ4v) is 4.49. The van der Waals surface area contributed by atoms with E-state index in [0.717, 1.165) is 19.6 Å². The Labute approximate surface area is 191 Å². The molecule has 2 saturated heterocycles. The van der Waals surface area contributed by atoms with Crippen LogP contribution in [0.25, 0.3) is 5.76 Å². The molecule has 2 fully saturated rings. The van der Waals surface area contributed by atoms with Crippen molar-refractivity contribution in [3.05, 3.63) is 53.5 Å². The van der Waals surface area contributed by atoms with Crippen LogP contribution >= 0.6 is 0 Å². The number of ether oxygens (including phenoxy) is 3. The van der Waals surface area contributed by atoms with E-state index in [-0.39, 0.29) is 11.3 Å². The zero-order valence-electron chi connectivity index (χ0n) is 18.2. The minimum atomic E-state index is -0.794. The second-order valence-electron chi connectivity index (χ2n) is 8.17. The third-order valence-electron chi connectivity index (χ3n) is 6.15. The normalized spacial score (nSPS) is 22.7. The molecule has 1 atom stereocenters. The van der Waals surface area contributed by atoms with Crippen molar-refractivity contribution >= 4 is 17.4 Å². The first-order valence-electron chi connectivity index (χ1n) is 11.2. The summed E-state index contributed by atoms with van der Waals surface area (Å²) in [5.41, 5.74) is 0.389. The van der Waals surface area contributed by atoms with Gasteiger partial charge in [-0.3, -0.25) is 14.5 Å². The molecule has 33 heavy (non-hydrogen) atoms. The number of hydrogen-bond donors (Lipinski definition) is 1. The molecule has 2 aromatic rings. The number of nitrogens with zero attached hydrogens (tertiary/aromatic N) is 2. The predicted octanol–water partition coefficient (Wildman–Crippen LogP) is 2.19. The van der Waals surface area contributed by atoms with Gasteiger partial charge in [-0.25, -0.2) is 0 Å². The molecule has 1 aromatic carbocycles. The third-order valence-corrected chi connectivity index (χ3v) is 6.15. The van der Waals surface area contributed by atoms with Crippen LogP contribution in [0.3, 0.4) is 0 Å². The minimum Gasteiger partial charge on any atom is -0.507 e. The predicted molar refractivity (Wildman–Crippen MR) is 117 cm³/mol. The lowest BCUT2D eigenvalue weighted by atomic mass is 9.99. The molecule has 9 heteroatoms. The SMILES string of the molecule is O=C1C(=O)N(CCCN2CCOCC2)C(c2ccco2)C1=C(O)c1ccc2c(c1)OCCO2. The van der Waals surface area contributed by atoms with Gasteiger partial charge in [-0.2, -0.15) is 0 Å². The van der Waals surface area contributed by atoms with Crippen molar-refractivity contribution in [1.29, 1.82) is 0 Å². The number of benzene rings is 1. The third kappa shape index (κ3) is 4.21. The average Bonchev–Trinajstić information content (AvgIpc) is 3.47. The summed E-state index contributed by atoms with van der Waals surface area (Å²) >= 11 is 0. The number of aliphatic hydroxyl groups is 1. The molecule has 3 aliphatic heterocycles. The van der Waals surface area contributed by atoms with E-state index in [0.29, 0.717) is 62.2 Å². The zero-order valence-corrected chi connectivity index (χ0v) is 18.2. The number of fused-ring (bicyclic) bond motifs is 1. The lowest BCUT2D eigenvalue weighted by Crippen LogP contribution is -2.38. The van der Waals surface area contributed by atoms with E-state index in [1.54, 1.807) is 30.3 Å². The summed E-state index contributed by atoms with van der Waals surface area (Å²) in [6.07, 6.45) is 2.18. The molecule has 4 heterocycles. The number of rotatable bonds is 6. The Morgan fingerprint density at radius 2 is 1.79 bits per heavy atom. The number of carbonyl (C=O) groups is 2. The van der Waals surface area contributed by atoms with Crippen LogP contribution < -0.4 is 9.47 Å². The van der Waals surface area contributed by atoms with Gasteiger partial charge in [0, 0.05) is 31.7 Å². The number of hydrogen-bond acceptors (Lipinski definition) is 8. The van der Waals surface area contributed by atoms with Crippen molar-refractivity contribution in [3.63, 3.8) is 0 Å². The fraction of sp³-hybridized carbons (Fsp3) is 0.417. The first-order valence-corrected chi connectivity index (χ1v) is 11.2. The summed E-state index contributed by atoms with van der Waals surface area (Å²) in [5, 5.41) is 11.1. The molecule has 9 nitrogen and oxygen atoms in total. The van der Waals surface area contributed by atoms with E-state index in [2.05, 4.69) is 4.90 Å². The summed E-state index contributed by atoms with van der Waals surface area (Å²) < 4.78 is 22.1. The van der Waals surface area contributed by atoms with Crippen molar-refractivity contribution < 1.29 is 33.3 Å². The zero-order chi connectivity index (χ0) is 22.8. The number of Topliss-reactive ketones (excluding diaryl/α,β-unsaturated/α-hetero) is 1. The Morgan fingerprint density at radius 3 is 2.55 bits per heavy atom. The van der Waals surface area contributed by atoms with Crippen LogP contribution in [0.1, 0.15) is 23.8 Å². The molecular weight excluding hydrogens is 428 g/mol. The van der Waals surface area contributed by atoms with Crippen LogP contribution in [0.4, 0.5) is 0 Å². The van der Waals surface area contributed by atoms with Crippen molar-refractivity contribution in [2.75, 3.05) is 52.6 Å². The Balaban J connectivity index is 1.44. The maximum absolute atomic E-state index is 13.1. The largest absolute Gasteiger partial charge is 0.507 e. The number of carbonyl (C=O) groups excluding carboxylic acids is 2. The van der Waals surface area contributed by atoms with E-state index < -0.39 is 17.7 Å². The molecule has 1 amide bonds. The van der Waals surface area contributed by atoms with Crippen molar-refractivity contribution in [3.8, 4) is 11.5 Å². The fourth-order valence-electron chi connectivity index (χ4n) is 4.49. The molecule has 1 aromatic heterocycles. The van der Waals surface area contributed by atoms with Crippen molar-refractivity contribution in [1.82, 2.24) is 9.80 Å². The number of aliphatic hydroxyl groups excluding tert-OH is 1. The van der Waals surface area contributed by atoms with Gasteiger partial charge in [0.2, 0.25) is 0 Å². The summed E-state index contributed by atoms with van der Waals surface area (Å²) in [5.74, 6) is -0.141. The number of ketones is 1. The Morgan fingerprint density at radius 1 is 1.00 bits per heavy atom. The molecular formula is C24H26N2O7. The van der Waals surface area contributed by atoms with Crippen LogP contribution in [0.5, 0.6) is 11.5 Å².